The van der Waals surface area contributed by atoms with E-state index in [1.165, 1.54) is 19.3 Å². The molecule has 1 aromatic heterocycles. The van der Waals surface area contributed by atoms with Crippen molar-refractivity contribution >= 4 is 16.7 Å². The van der Waals surface area contributed by atoms with Crippen molar-refractivity contribution in [3.8, 4) is 5.75 Å². The highest BCUT2D eigenvalue weighted by Crippen LogP contribution is 2.27. The third-order valence-electron chi connectivity index (χ3n) is 6.14. The number of furan rings is 1. The Bertz CT molecular complexity index is 977. The lowest BCUT2D eigenvalue weighted by atomic mass is 9.96. The number of carbonyl (C=O) groups is 1. The summed E-state index contributed by atoms with van der Waals surface area (Å²) in [6, 6.07) is 16.2. The van der Waals surface area contributed by atoms with Gasteiger partial charge in [0.1, 0.15) is 11.5 Å². The molecule has 1 amide bonds. The topological polar surface area (TPSA) is 54.7 Å². The first kappa shape index (κ1) is 20.5. The van der Waals surface area contributed by atoms with E-state index in [4.69, 9.17) is 9.15 Å². The van der Waals surface area contributed by atoms with Crippen LogP contribution in [0.2, 0.25) is 0 Å². The summed E-state index contributed by atoms with van der Waals surface area (Å²) in [4.78, 5) is 15.4. The molecule has 158 valence electrons. The smallest absolute Gasteiger partial charge is 0.227 e. The normalized spacial score (nSPS) is 16.9. The number of methoxy groups -OCH3 is 1. The molecule has 0 aliphatic carbocycles. The molecule has 1 aliphatic heterocycles. The summed E-state index contributed by atoms with van der Waals surface area (Å²) in [7, 11) is 1.67. The second-order valence-electron chi connectivity index (χ2n) is 8.07. The van der Waals surface area contributed by atoms with Crippen molar-refractivity contribution < 1.29 is 13.9 Å². The average Bonchev–Trinajstić information content (AvgIpc) is 3.33. The van der Waals surface area contributed by atoms with Crippen LogP contribution in [-0.2, 0) is 4.79 Å². The first-order valence-corrected chi connectivity index (χ1v) is 10.8. The molecule has 1 unspecified atom stereocenters. The Morgan fingerprint density at radius 1 is 1.10 bits per heavy atom. The summed E-state index contributed by atoms with van der Waals surface area (Å²) in [6.07, 6.45) is 5.38. The Balaban J connectivity index is 1.45. The molecule has 2 heterocycles. The molecule has 5 nitrogen and oxygen atoms in total. The molecule has 0 radical (unpaired) electrons. The standard InChI is InChI=1S/C25H30N2O3/c1-18(19-8-9-21-16-22(29-2)11-10-20(21)15-19)25(28)26-17-23(24-7-6-14-30-24)27-12-4-3-5-13-27/h6-11,14-16,18,23H,3-5,12-13,17H2,1-2H3,(H,26,28)/t18-,23?/m0/s1. The number of amides is 1. The van der Waals surface area contributed by atoms with Crippen LogP contribution in [0.3, 0.4) is 0 Å². The molecule has 2 atom stereocenters. The Morgan fingerprint density at radius 2 is 1.87 bits per heavy atom. The molecule has 30 heavy (non-hydrogen) atoms. The van der Waals surface area contributed by atoms with Gasteiger partial charge in [-0.15, -0.1) is 0 Å². The quantitative estimate of drug-likeness (QED) is 0.607. The fourth-order valence-electron chi connectivity index (χ4n) is 4.26. The van der Waals surface area contributed by atoms with Gasteiger partial charge in [0.15, 0.2) is 0 Å². The van der Waals surface area contributed by atoms with E-state index in [1.807, 2.05) is 43.3 Å². The number of fused-ring (bicyclic) bond motifs is 1. The monoisotopic (exact) mass is 406 g/mol. The van der Waals surface area contributed by atoms with Crippen LogP contribution >= 0.6 is 0 Å². The fourth-order valence-corrected chi connectivity index (χ4v) is 4.26. The van der Waals surface area contributed by atoms with Crippen molar-refractivity contribution in [2.24, 2.45) is 0 Å². The Morgan fingerprint density at radius 3 is 2.60 bits per heavy atom. The summed E-state index contributed by atoms with van der Waals surface area (Å²) in [5.41, 5.74) is 1.01. The van der Waals surface area contributed by atoms with Crippen LogP contribution in [0.15, 0.2) is 59.2 Å². The summed E-state index contributed by atoms with van der Waals surface area (Å²) in [5.74, 6) is 1.57. The Kier molecular flexibility index (Phi) is 6.38. The maximum Gasteiger partial charge on any atom is 0.227 e. The number of benzene rings is 2. The van der Waals surface area contributed by atoms with Crippen LogP contribution in [0.25, 0.3) is 10.8 Å². The highest BCUT2D eigenvalue weighted by atomic mass is 16.5. The number of likely N-dealkylation sites (tertiary alicyclic amines) is 1. The number of piperidine rings is 1. The Labute approximate surface area is 178 Å². The van der Waals surface area contributed by atoms with E-state index in [-0.39, 0.29) is 17.9 Å². The molecule has 0 spiro atoms. The minimum Gasteiger partial charge on any atom is -0.497 e. The third kappa shape index (κ3) is 4.51. The minimum atomic E-state index is -0.227. The Hall–Kier alpha value is -2.79. The first-order valence-electron chi connectivity index (χ1n) is 10.8. The van der Waals surface area contributed by atoms with E-state index < -0.39 is 0 Å². The van der Waals surface area contributed by atoms with Crippen LogP contribution in [0.1, 0.15) is 49.5 Å². The number of nitrogens with one attached hydrogen (secondary N) is 1. The van der Waals surface area contributed by atoms with Crippen molar-refractivity contribution in [2.75, 3.05) is 26.7 Å². The first-order chi connectivity index (χ1) is 14.7. The maximum absolute atomic E-state index is 13.0. The second kappa shape index (κ2) is 9.35. The second-order valence-corrected chi connectivity index (χ2v) is 8.07. The summed E-state index contributed by atoms with van der Waals surface area (Å²) < 4.78 is 11.0. The molecule has 5 heteroatoms. The average molecular weight is 407 g/mol. The molecule has 0 bridgehead atoms. The highest BCUT2D eigenvalue weighted by Gasteiger charge is 2.26. The molecule has 1 fully saturated rings. The summed E-state index contributed by atoms with van der Waals surface area (Å²) in [5, 5.41) is 5.38. The predicted molar refractivity (Wildman–Crippen MR) is 119 cm³/mol. The van der Waals surface area contributed by atoms with Gasteiger partial charge in [-0.25, -0.2) is 0 Å². The predicted octanol–water partition coefficient (Wildman–Crippen LogP) is 4.89. The van der Waals surface area contributed by atoms with Crippen molar-refractivity contribution in [2.45, 2.75) is 38.1 Å². The molecular formula is C25H30N2O3. The molecular weight excluding hydrogens is 376 g/mol. The SMILES string of the molecule is COc1ccc2cc([C@H](C)C(=O)NCC(c3ccco3)N3CCCCC3)ccc2c1. The molecule has 1 saturated heterocycles. The van der Waals surface area contributed by atoms with Gasteiger partial charge < -0.3 is 14.5 Å². The zero-order valence-corrected chi connectivity index (χ0v) is 17.8. The van der Waals surface area contributed by atoms with Crippen LogP contribution in [0.5, 0.6) is 5.75 Å². The van der Waals surface area contributed by atoms with Gasteiger partial charge in [-0.2, -0.15) is 0 Å². The van der Waals surface area contributed by atoms with Crippen LogP contribution in [0.4, 0.5) is 0 Å². The number of rotatable bonds is 7. The largest absolute Gasteiger partial charge is 0.497 e. The molecule has 1 N–H and O–H groups in total. The lowest BCUT2D eigenvalue weighted by Crippen LogP contribution is -2.41. The van der Waals surface area contributed by atoms with E-state index in [1.54, 1.807) is 13.4 Å². The third-order valence-corrected chi connectivity index (χ3v) is 6.14. The van der Waals surface area contributed by atoms with Gasteiger partial charge in [0, 0.05) is 6.54 Å². The van der Waals surface area contributed by atoms with Crippen molar-refractivity contribution in [1.29, 1.82) is 0 Å². The number of hydrogen-bond donors (Lipinski definition) is 1. The van der Waals surface area contributed by atoms with Crippen LogP contribution < -0.4 is 10.1 Å². The summed E-state index contributed by atoms with van der Waals surface area (Å²) >= 11 is 0. The van der Waals surface area contributed by atoms with Crippen molar-refractivity contribution in [1.82, 2.24) is 10.2 Å². The van der Waals surface area contributed by atoms with E-state index in [0.717, 1.165) is 40.9 Å². The van der Waals surface area contributed by atoms with E-state index in [0.29, 0.717) is 6.54 Å². The fraction of sp³-hybridized carbons (Fsp3) is 0.400. The highest BCUT2D eigenvalue weighted by molar-refractivity contribution is 5.88. The van der Waals surface area contributed by atoms with Gasteiger partial charge in [0.05, 0.1) is 25.3 Å². The van der Waals surface area contributed by atoms with E-state index in [2.05, 4.69) is 22.3 Å². The molecule has 0 saturated carbocycles. The van der Waals surface area contributed by atoms with Gasteiger partial charge in [0.25, 0.3) is 0 Å². The van der Waals surface area contributed by atoms with Gasteiger partial charge >= 0.3 is 0 Å². The molecule has 2 aromatic carbocycles. The number of carbonyl (C=O) groups excluding carboxylic acids is 1. The minimum absolute atomic E-state index is 0.0384. The van der Waals surface area contributed by atoms with Gasteiger partial charge in [0.2, 0.25) is 5.91 Å². The number of ether oxygens (including phenoxy) is 1. The molecule has 3 aromatic rings. The molecule has 4 rings (SSSR count). The lowest BCUT2D eigenvalue weighted by molar-refractivity contribution is -0.122. The summed E-state index contributed by atoms with van der Waals surface area (Å²) in [6.45, 7) is 4.61. The van der Waals surface area contributed by atoms with E-state index >= 15 is 0 Å². The van der Waals surface area contributed by atoms with Gasteiger partial charge in [-0.05, 0) is 73.5 Å². The maximum atomic E-state index is 13.0. The van der Waals surface area contributed by atoms with Gasteiger partial charge in [-0.3, -0.25) is 9.69 Å². The van der Waals surface area contributed by atoms with Crippen molar-refractivity contribution in [3.05, 3.63) is 66.1 Å². The lowest BCUT2D eigenvalue weighted by Gasteiger charge is -2.33. The van der Waals surface area contributed by atoms with Crippen LogP contribution in [0, 0.1) is 0 Å². The van der Waals surface area contributed by atoms with E-state index in [9.17, 15) is 4.79 Å². The number of nitrogens with zero attached hydrogens (tertiary/aromatic N) is 1. The molecule has 1 aliphatic rings. The zero-order valence-electron chi connectivity index (χ0n) is 17.8. The van der Waals surface area contributed by atoms with Gasteiger partial charge in [-0.1, -0.05) is 30.7 Å². The zero-order chi connectivity index (χ0) is 20.9. The number of hydrogen-bond acceptors (Lipinski definition) is 4. The van der Waals surface area contributed by atoms with Crippen LogP contribution in [-0.4, -0.2) is 37.6 Å². The van der Waals surface area contributed by atoms with Crippen molar-refractivity contribution in [3.63, 3.8) is 0 Å².